The van der Waals surface area contributed by atoms with E-state index in [9.17, 15) is 5.11 Å². The quantitative estimate of drug-likeness (QED) is 0.859. The lowest BCUT2D eigenvalue weighted by Crippen LogP contribution is -2.52. The van der Waals surface area contributed by atoms with Gasteiger partial charge in [-0.1, -0.05) is 49.6 Å². The van der Waals surface area contributed by atoms with Gasteiger partial charge in [-0.05, 0) is 62.0 Å². The molecule has 0 spiro atoms. The Morgan fingerprint density at radius 2 is 1.68 bits per heavy atom. The Hall–Kier alpha value is -0.860. The van der Waals surface area contributed by atoms with Gasteiger partial charge in [-0.15, -0.1) is 0 Å². The van der Waals surface area contributed by atoms with Gasteiger partial charge in [-0.25, -0.2) is 0 Å². The number of aliphatic hydroxyl groups is 1. The van der Waals surface area contributed by atoms with Crippen molar-refractivity contribution in [2.75, 3.05) is 6.54 Å². The number of rotatable bonds is 5. The minimum Gasteiger partial charge on any atom is -0.386 e. The van der Waals surface area contributed by atoms with E-state index in [4.69, 9.17) is 0 Å². The first-order chi connectivity index (χ1) is 10.8. The predicted octanol–water partition coefficient (Wildman–Crippen LogP) is 4.06. The summed E-state index contributed by atoms with van der Waals surface area (Å²) in [5, 5.41) is 14.9. The van der Waals surface area contributed by atoms with E-state index in [2.05, 4.69) is 17.4 Å². The third kappa shape index (κ3) is 2.83. The van der Waals surface area contributed by atoms with E-state index in [1.807, 2.05) is 18.2 Å². The zero-order valence-electron chi connectivity index (χ0n) is 13.5. The Balaban J connectivity index is 1.46. The molecule has 3 unspecified atom stereocenters. The van der Waals surface area contributed by atoms with Crippen LogP contribution >= 0.6 is 0 Å². The summed E-state index contributed by atoms with van der Waals surface area (Å²) in [6.45, 7) is 1.11. The first kappa shape index (κ1) is 14.7. The summed E-state index contributed by atoms with van der Waals surface area (Å²) in [5.41, 5.74) is 0.984. The fourth-order valence-electron chi connectivity index (χ4n) is 5.04. The van der Waals surface area contributed by atoms with E-state index in [-0.39, 0.29) is 11.6 Å². The maximum Gasteiger partial charge on any atom is 0.0971 e. The Bertz CT molecular complexity index is 484. The highest BCUT2D eigenvalue weighted by molar-refractivity contribution is 5.22. The molecule has 2 nitrogen and oxygen atoms in total. The van der Waals surface area contributed by atoms with Gasteiger partial charge in [0.1, 0.15) is 0 Å². The smallest absolute Gasteiger partial charge is 0.0971 e. The SMILES string of the molecule is OC(c1ccccc1)C1(NCC2CC3CC3C2)CCCCC1. The molecule has 1 aromatic rings. The highest BCUT2D eigenvalue weighted by Crippen LogP contribution is 2.54. The number of aliphatic hydroxyl groups excluding tert-OH is 1. The van der Waals surface area contributed by atoms with Crippen LogP contribution in [0.1, 0.15) is 63.0 Å². The van der Waals surface area contributed by atoms with Gasteiger partial charge >= 0.3 is 0 Å². The summed E-state index contributed by atoms with van der Waals surface area (Å²) in [6.07, 6.45) is 10.0. The normalized spacial score (nSPS) is 34.1. The van der Waals surface area contributed by atoms with E-state index in [1.165, 1.54) is 38.5 Å². The average Bonchev–Trinajstić information content (AvgIpc) is 3.20. The molecule has 3 saturated carbocycles. The molecule has 3 aliphatic rings. The fraction of sp³-hybridized carbons (Fsp3) is 0.700. The second kappa shape index (κ2) is 5.98. The van der Waals surface area contributed by atoms with Crippen LogP contribution < -0.4 is 5.32 Å². The third-order valence-electron chi connectivity index (χ3n) is 6.47. The number of fused-ring (bicyclic) bond motifs is 1. The van der Waals surface area contributed by atoms with Crippen LogP contribution in [0.15, 0.2) is 30.3 Å². The minimum absolute atomic E-state index is 0.0909. The minimum atomic E-state index is -0.370. The molecule has 0 radical (unpaired) electrons. The summed E-state index contributed by atoms with van der Waals surface area (Å²) >= 11 is 0. The van der Waals surface area contributed by atoms with Crippen molar-refractivity contribution in [2.45, 2.75) is 63.0 Å². The van der Waals surface area contributed by atoms with Crippen molar-refractivity contribution in [3.05, 3.63) is 35.9 Å². The zero-order valence-corrected chi connectivity index (χ0v) is 13.5. The molecule has 0 aromatic heterocycles. The number of hydrogen-bond donors (Lipinski definition) is 2. The molecule has 3 fully saturated rings. The van der Waals surface area contributed by atoms with Gasteiger partial charge in [0.25, 0.3) is 0 Å². The molecule has 2 heteroatoms. The predicted molar refractivity (Wildman–Crippen MR) is 89.5 cm³/mol. The van der Waals surface area contributed by atoms with Gasteiger partial charge < -0.3 is 10.4 Å². The average molecular weight is 299 g/mol. The summed E-state index contributed by atoms with van der Waals surface area (Å²) in [6, 6.07) is 10.3. The lowest BCUT2D eigenvalue weighted by atomic mass is 9.75. The van der Waals surface area contributed by atoms with Crippen LogP contribution in [0.3, 0.4) is 0 Å². The van der Waals surface area contributed by atoms with Crippen molar-refractivity contribution in [1.29, 1.82) is 0 Å². The maximum absolute atomic E-state index is 11.1. The highest BCUT2D eigenvalue weighted by atomic mass is 16.3. The fourth-order valence-corrected chi connectivity index (χ4v) is 5.04. The Labute approximate surface area is 134 Å². The van der Waals surface area contributed by atoms with Gasteiger partial charge in [0, 0.05) is 5.54 Å². The Kier molecular flexibility index (Phi) is 4.00. The van der Waals surface area contributed by atoms with Gasteiger partial charge in [0.15, 0.2) is 0 Å². The molecule has 0 bridgehead atoms. The molecule has 0 saturated heterocycles. The Morgan fingerprint density at radius 1 is 1.00 bits per heavy atom. The van der Waals surface area contributed by atoms with E-state index < -0.39 is 0 Å². The molecular weight excluding hydrogens is 270 g/mol. The van der Waals surface area contributed by atoms with Gasteiger partial charge in [-0.3, -0.25) is 0 Å². The number of nitrogens with one attached hydrogen (secondary N) is 1. The highest BCUT2D eigenvalue weighted by Gasteiger charge is 2.46. The van der Waals surface area contributed by atoms with E-state index in [0.29, 0.717) is 0 Å². The summed E-state index contributed by atoms with van der Waals surface area (Å²) in [4.78, 5) is 0. The van der Waals surface area contributed by atoms with Gasteiger partial charge in [0.2, 0.25) is 0 Å². The molecule has 0 heterocycles. The van der Waals surface area contributed by atoms with E-state index in [0.717, 1.165) is 42.7 Å². The van der Waals surface area contributed by atoms with Crippen LogP contribution in [0, 0.1) is 17.8 Å². The molecular formula is C20H29NO. The van der Waals surface area contributed by atoms with E-state index in [1.54, 1.807) is 0 Å². The monoisotopic (exact) mass is 299 g/mol. The van der Waals surface area contributed by atoms with Crippen LogP contribution in [0.4, 0.5) is 0 Å². The molecule has 1 aromatic carbocycles. The first-order valence-corrected chi connectivity index (χ1v) is 9.25. The van der Waals surface area contributed by atoms with Crippen LogP contribution in [-0.4, -0.2) is 17.2 Å². The third-order valence-corrected chi connectivity index (χ3v) is 6.47. The van der Waals surface area contributed by atoms with Crippen molar-refractivity contribution >= 4 is 0 Å². The topological polar surface area (TPSA) is 32.3 Å². The number of benzene rings is 1. The van der Waals surface area contributed by atoms with Crippen LogP contribution in [0.2, 0.25) is 0 Å². The zero-order chi connectivity index (χ0) is 15.0. The van der Waals surface area contributed by atoms with Crippen molar-refractivity contribution < 1.29 is 5.11 Å². The summed E-state index contributed by atoms with van der Waals surface area (Å²) < 4.78 is 0. The number of hydrogen-bond acceptors (Lipinski definition) is 2. The van der Waals surface area contributed by atoms with Crippen molar-refractivity contribution in [3.63, 3.8) is 0 Å². The molecule has 120 valence electrons. The lowest BCUT2D eigenvalue weighted by molar-refractivity contribution is 0.0291. The van der Waals surface area contributed by atoms with Gasteiger partial charge in [-0.2, -0.15) is 0 Å². The van der Waals surface area contributed by atoms with Crippen molar-refractivity contribution in [1.82, 2.24) is 5.32 Å². The molecule has 0 amide bonds. The second-order valence-electron chi connectivity index (χ2n) is 8.00. The first-order valence-electron chi connectivity index (χ1n) is 9.25. The van der Waals surface area contributed by atoms with E-state index >= 15 is 0 Å². The molecule has 0 aliphatic heterocycles. The Morgan fingerprint density at radius 3 is 2.36 bits per heavy atom. The van der Waals surface area contributed by atoms with Crippen molar-refractivity contribution in [2.24, 2.45) is 17.8 Å². The molecule has 22 heavy (non-hydrogen) atoms. The summed E-state index contributed by atoms with van der Waals surface area (Å²) in [7, 11) is 0. The van der Waals surface area contributed by atoms with Gasteiger partial charge in [0.05, 0.1) is 6.10 Å². The molecule has 3 atom stereocenters. The molecule has 4 rings (SSSR count). The van der Waals surface area contributed by atoms with Crippen molar-refractivity contribution in [3.8, 4) is 0 Å². The lowest BCUT2D eigenvalue weighted by Gasteiger charge is -2.43. The summed E-state index contributed by atoms with van der Waals surface area (Å²) in [5.74, 6) is 2.95. The standard InChI is InChI=1S/C20H29NO/c22-19(16-7-3-1-4-8-16)20(9-5-2-6-10-20)21-14-15-11-17-13-18(17)12-15/h1,3-4,7-8,15,17-19,21-22H,2,5-6,9-14H2. The van der Waals surface area contributed by atoms with Crippen LogP contribution in [-0.2, 0) is 0 Å². The molecule has 3 aliphatic carbocycles. The second-order valence-corrected chi connectivity index (χ2v) is 8.00. The van der Waals surface area contributed by atoms with Crippen LogP contribution in [0.5, 0.6) is 0 Å². The molecule has 2 N–H and O–H groups in total. The largest absolute Gasteiger partial charge is 0.386 e. The maximum atomic E-state index is 11.1. The van der Waals surface area contributed by atoms with Crippen LogP contribution in [0.25, 0.3) is 0 Å².